The summed E-state index contributed by atoms with van der Waals surface area (Å²) in [4.78, 5) is 15.0. The van der Waals surface area contributed by atoms with E-state index in [0.29, 0.717) is 12.2 Å². The molecule has 0 N–H and O–H groups in total. The smallest absolute Gasteiger partial charge is 0.253 e. The Labute approximate surface area is 165 Å². The molecule has 1 atom stereocenters. The van der Waals surface area contributed by atoms with E-state index in [2.05, 4.69) is 5.10 Å². The Morgan fingerprint density at radius 2 is 2.15 bits per heavy atom. The highest BCUT2D eigenvalue weighted by atomic mass is 32.2. The molecule has 1 aromatic carbocycles. The molecule has 0 fully saturated rings. The molecule has 1 aliphatic rings. The van der Waals surface area contributed by atoms with Crippen LogP contribution in [-0.4, -0.2) is 29.5 Å². The number of hydrogen-bond acceptors (Lipinski definition) is 6. The van der Waals surface area contributed by atoms with Gasteiger partial charge in [-0.05, 0) is 47.8 Å². The van der Waals surface area contributed by atoms with Gasteiger partial charge in [0, 0.05) is 11.3 Å². The van der Waals surface area contributed by atoms with E-state index in [1.165, 1.54) is 11.8 Å². The maximum Gasteiger partial charge on any atom is 0.253 e. The summed E-state index contributed by atoms with van der Waals surface area (Å²) >= 11 is 3.12. The van der Waals surface area contributed by atoms with Gasteiger partial charge < -0.3 is 9.15 Å². The van der Waals surface area contributed by atoms with Crippen molar-refractivity contribution < 1.29 is 13.9 Å². The zero-order valence-electron chi connectivity index (χ0n) is 14.7. The molecule has 4 rings (SSSR count). The zero-order chi connectivity index (χ0) is 18.6. The van der Waals surface area contributed by atoms with Crippen LogP contribution in [0.4, 0.5) is 0 Å². The molecule has 1 aliphatic heterocycles. The summed E-state index contributed by atoms with van der Waals surface area (Å²) in [6, 6.07) is 15.2. The molecule has 0 aliphatic carbocycles. The van der Waals surface area contributed by atoms with Crippen LogP contribution < -0.4 is 4.74 Å². The normalized spacial score (nSPS) is 16.4. The summed E-state index contributed by atoms with van der Waals surface area (Å²) in [5.41, 5.74) is 0.925. The number of thioether (sulfide) groups is 1. The molecule has 1 amide bonds. The molecule has 0 saturated heterocycles. The van der Waals surface area contributed by atoms with Gasteiger partial charge in [-0.1, -0.05) is 6.07 Å². The molecular weight excluding hydrogens is 380 g/mol. The van der Waals surface area contributed by atoms with E-state index in [1.807, 2.05) is 53.9 Å². The first-order valence-electron chi connectivity index (χ1n) is 8.48. The summed E-state index contributed by atoms with van der Waals surface area (Å²) in [5, 5.41) is 8.22. The quantitative estimate of drug-likeness (QED) is 0.559. The molecule has 1 unspecified atom stereocenters. The fourth-order valence-corrected chi connectivity index (χ4v) is 4.39. The summed E-state index contributed by atoms with van der Waals surface area (Å²) in [7, 11) is 1.64. The van der Waals surface area contributed by atoms with Gasteiger partial charge in [-0.3, -0.25) is 4.79 Å². The summed E-state index contributed by atoms with van der Waals surface area (Å²) in [6.45, 7) is 0. The van der Waals surface area contributed by atoms with Crippen molar-refractivity contribution in [3.63, 3.8) is 0 Å². The Balaban J connectivity index is 1.49. The van der Waals surface area contributed by atoms with Crippen LogP contribution in [0.2, 0.25) is 0 Å². The van der Waals surface area contributed by atoms with Gasteiger partial charge in [0.1, 0.15) is 17.6 Å². The molecule has 5 nitrogen and oxygen atoms in total. The zero-order valence-corrected chi connectivity index (χ0v) is 16.3. The molecule has 27 heavy (non-hydrogen) atoms. The molecule has 0 radical (unpaired) electrons. The summed E-state index contributed by atoms with van der Waals surface area (Å²) in [6.07, 6.45) is 2.29. The van der Waals surface area contributed by atoms with Crippen LogP contribution in [0.5, 0.6) is 5.75 Å². The maximum absolute atomic E-state index is 12.9. The minimum atomic E-state index is -0.193. The second kappa shape index (κ2) is 8.02. The fourth-order valence-electron chi connectivity index (χ4n) is 2.92. The molecule has 7 heteroatoms. The van der Waals surface area contributed by atoms with Gasteiger partial charge in [0.2, 0.25) is 0 Å². The van der Waals surface area contributed by atoms with Crippen molar-refractivity contribution >= 4 is 34.7 Å². The maximum atomic E-state index is 12.9. The lowest BCUT2D eigenvalue weighted by Crippen LogP contribution is -2.28. The first-order chi connectivity index (χ1) is 13.2. The third-order valence-electron chi connectivity index (χ3n) is 4.26. The SMILES string of the molecule is COc1ccc(SCC(=O)N2N=C(c3cccs3)CC2c2ccco2)cc1. The van der Waals surface area contributed by atoms with E-state index in [1.54, 1.807) is 29.7 Å². The number of carbonyl (C=O) groups excluding carboxylic acids is 1. The monoisotopic (exact) mass is 398 g/mol. The van der Waals surface area contributed by atoms with E-state index >= 15 is 0 Å². The number of hydrogen-bond donors (Lipinski definition) is 0. The lowest BCUT2D eigenvalue weighted by atomic mass is 10.1. The van der Waals surface area contributed by atoms with E-state index in [0.717, 1.165) is 27.0 Å². The number of ether oxygens (including phenoxy) is 1. The molecule has 138 valence electrons. The average molecular weight is 399 g/mol. The van der Waals surface area contributed by atoms with Crippen LogP contribution in [0, 0.1) is 0 Å². The van der Waals surface area contributed by atoms with Crippen molar-refractivity contribution in [1.82, 2.24) is 5.01 Å². The Bertz CT molecular complexity index is 919. The largest absolute Gasteiger partial charge is 0.497 e. The second-order valence-electron chi connectivity index (χ2n) is 5.96. The Morgan fingerprint density at radius 1 is 1.30 bits per heavy atom. The third-order valence-corrected chi connectivity index (χ3v) is 6.18. The van der Waals surface area contributed by atoms with E-state index in [-0.39, 0.29) is 11.9 Å². The van der Waals surface area contributed by atoms with Crippen LogP contribution in [-0.2, 0) is 4.79 Å². The lowest BCUT2D eigenvalue weighted by Gasteiger charge is -2.19. The van der Waals surface area contributed by atoms with Crippen molar-refractivity contribution in [3.05, 3.63) is 70.8 Å². The van der Waals surface area contributed by atoms with Gasteiger partial charge in [0.25, 0.3) is 5.91 Å². The van der Waals surface area contributed by atoms with E-state index < -0.39 is 0 Å². The number of methoxy groups -OCH3 is 1. The number of benzene rings is 1. The van der Waals surface area contributed by atoms with E-state index in [9.17, 15) is 4.79 Å². The highest BCUT2D eigenvalue weighted by molar-refractivity contribution is 8.00. The number of amides is 1. The van der Waals surface area contributed by atoms with Crippen LogP contribution >= 0.6 is 23.1 Å². The molecule has 3 heterocycles. The predicted octanol–water partition coefficient (Wildman–Crippen LogP) is 4.82. The van der Waals surface area contributed by atoms with Crippen LogP contribution in [0.25, 0.3) is 0 Å². The van der Waals surface area contributed by atoms with Crippen LogP contribution in [0.1, 0.15) is 23.1 Å². The van der Waals surface area contributed by atoms with Gasteiger partial charge in [-0.25, -0.2) is 5.01 Å². The van der Waals surface area contributed by atoms with Gasteiger partial charge in [0.05, 0.1) is 29.7 Å². The topological polar surface area (TPSA) is 55.0 Å². The average Bonchev–Trinajstić information content (AvgIpc) is 3.46. The number of rotatable bonds is 6. The molecular formula is C20H18N2O3S2. The highest BCUT2D eigenvalue weighted by Crippen LogP contribution is 2.35. The Morgan fingerprint density at radius 3 is 2.81 bits per heavy atom. The lowest BCUT2D eigenvalue weighted by molar-refractivity contribution is -0.130. The summed E-state index contributed by atoms with van der Waals surface area (Å²) in [5.74, 6) is 1.83. The Hall–Kier alpha value is -2.51. The molecule has 0 bridgehead atoms. The fraction of sp³-hybridized carbons (Fsp3) is 0.200. The molecule has 2 aromatic heterocycles. The highest BCUT2D eigenvalue weighted by Gasteiger charge is 2.34. The first-order valence-corrected chi connectivity index (χ1v) is 10.3. The number of nitrogens with zero attached hydrogens (tertiary/aromatic N) is 2. The van der Waals surface area contributed by atoms with Crippen molar-refractivity contribution in [3.8, 4) is 5.75 Å². The van der Waals surface area contributed by atoms with Crippen molar-refractivity contribution in [1.29, 1.82) is 0 Å². The minimum absolute atomic E-state index is 0.0382. The van der Waals surface area contributed by atoms with Crippen LogP contribution in [0.15, 0.2) is 74.6 Å². The van der Waals surface area contributed by atoms with Gasteiger partial charge in [-0.2, -0.15) is 5.10 Å². The number of carbonyl (C=O) groups is 1. The number of thiophene rings is 1. The van der Waals surface area contributed by atoms with Crippen molar-refractivity contribution in [2.45, 2.75) is 17.4 Å². The molecule has 0 saturated carbocycles. The van der Waals surface area contributed by atoms with Gasteiger partial charge in [0.15, 0.2) is 0 Å². The standard InChI is InChI=1S/C20H18N2O3S2/c1-24-14-6-8-15(9-7-14)27-13-20(23)22-17(18-4-2-10-25-18)12-16(21-22)19-5-3-11-26-19/h2-11,17H,12-13H2,1H3. The third kappa shape index (κ3) is 3.94. The Kier molecular flexibility index (Phi) is 5.31. The second-order valence-corrected chi connectivity index (χ2v) is 7.96. The first kappa shape index (κ1) is 17.9. The van der Waals surface area contributed by atoms with Gasteiger partial charge in [-0.15, -0.1) is 23.1 Å². The van der Waals surface area contributed by atoms with Crippen molar-refractivity contribution in [2.75, 3.05) is 12.9 Å². The number of hydrazone groups is 1. The van der Waals surface area contributed by atoms with Crippen LogP contribution in [0.3, 0.4) is 0 Å². The number of furan rings is 1. The minimum Gasteiger partial charge on any atom is -0.497 e. The van der Waals surface area contributed by atoms with Crippen molar-refractivity contribution in [2.24, 2.45) is 5.10 Å². The molecule has 3 aromatic rings. The van der Waals surface area contributed by atoms with Gasteiger partial charge >= 0.3 is 0 Å². The van der Waals surface area contributed by atoms with E-state index in [4.69, 9.17) is 9.15 Å². The predicted molar refractivity (Wildman–Crippen MR) is 107 cm³/mol. The molecule has 0 spiro atoms. The summed E-state index contributed by atoms with van der Waals surface area (Å²) < 4.78 is 10.7.